The van der Waals surface area contributed by atoms with E-state index in [2.05, 4.69) is 0 Å². The molecule has 6 amide bonds. The molecule has 18 nitrogen and oxygen atoms in total. The van der Waals surface area contributed by atoms with E-state index in [0.717, 1.165) is 46.6 Å². The lowest BCUT2D eigenvalue weighted by atomic mass is 9.77. The third kappa shape index (κ3) is 9.51. The van der Waals surface area contributed by atoms with Gasteiger partial charge in [-0.25, -0.2) is 0 Å². The number of carbonyl (C=O) groups is 8. The van der Waals surface area contributed by atoms with Crippen molar-refractivity contribution in [1.29, 1.82) is 0 Å². The second-order valence-electron chi connectivity index (χ2n) is 20.1. The maximum atomic E-state index is 13.9. The number of hydrogen-bond donors (Lipinski definition) is 6. The lowest BCUT2D eigenvalue weighted by Crippen LogP contribution is -2.50. The molecular weight excluding hydrogens is 953 g/mol. The first-order valence-corrected chi connectivity index (χ1v) is 25.4. The summed E-state index contributed by atoms with van der Waals surface area (Å²) in [4.78, 5) is 110. The van der Waals surface area contributed by atoms with Gasteiger partial charge in [0.25, 0.3) is 23.6 Å². The van der Waals surface area contributed by atoms with E-state index >= 15 is 0 Å². The standard InChI is InChI=1S/2C28H30N2O7/c2*31-14-17-11-16-9-10-29(25(33)21-7-3-4-8-22(21)28(36)37)24(23(16)12-18(17)15-32)13-30-26(34)19-5-1-2-6-20(19)27(30)35/h2*1-2,5-6,11-12,21-22,24,31-32H,3-4,7-10,13-15H2,(H,36,37)/t2*21-,22+,24-/m10/s1. The van der Waals surface area contributed by atoms with E-state index in [0.29, 0.717) is 107 Å². The van der Waals surface area contributed by atoms with E-state index < -0.39 is 71.3 Å². The number of aliphatic carboxylic acids is 2. The van der Waals surface area contributed by atoms with E-state index in [-0.39, 0.29) is 51.3 Å². The number of benzene rings is 4. The minimum absolute atomic E-state index is 0.0844. The average molecular weight is 1010 g/mol. The Labute approximate surface area is 426 Å². The molecule has 2 saturated carbocycles. The van der Waals surface area contributed by atoms with Gasteiger partial charge in [-0.15, -0.1) is 0 Å². The number of rotatable bonds is 12. The van der Waals surface area contributed by atoms with E-state index in [1.165, 1.54) is 0 Å². The van der Waals surface area contributed by atoms with Crippen LogP contribution in [0.1, 0.15) is 149 Å². The highest BCUT2D eigenvalue weighted by Gasteiger charge is 2.47. The normalized spacial score (nSPS) is 23.1. The zero-order valence-electron chi connectivity index (χ0n) is 40.9. The van der Waals surface area contributed by atoms with Gasteiger partial charge in [-0.1, -0.05) is 74.2 Å². The Bertz CT molecular complexity index is 2670. The van der Waals surface area contributed by atoms with Crippen molar-refractivity contribution in [3.05, 3.63) is 140 Å². The van der Waals surface area contributed by atoms with Crippen molar-refractivity contribution in [3.8, 4) is 0 Å². The molecule has 74 heavy (non-hydrogen) atoms. The Kier molecular flexibility index (Phi) is 15.2. The summed E-state index contributed by atoms with van der Waals surface area (Å²) in [6, 6.07) is 18.9. The van der Waals surface area contributed by atoms with Gasteiger partial charge >= 0.3 is 11.9 Å². The molecule has 10 rings (SSSR count). The minimum Gasteiger partial charge on any atom is -0.481 e. The van der Waals surface area contributed by atoms with Gasteiger partial charge in [-0.3, -0.25) is 48.2 Å². The van der Waals surface area contributed by atoms with Gasteiger partial charge in [0.1, 0.15) is 0 Å². The lowest BCUT2D eigenvalue weighted by Gasteiger charge is -2.42. The number of carboxylic acids is 2. The fourth-order valence-corrected chi connectivity index (χ4v) is 12.2. The molecule has 0 saturated heterocycles. The van der Waals surface area contributed by atoms with Crippen molar-refractivity contribution >= 4 is 47.4 Å². The lowest BCUT2D eigenvalue weighted by molar-refractivity contribution is -0.153. The van der Waals surface area contributed by atoms with E-state index in [4.69, 9.17) is 0 Å². The molecule has 4 aliphatic heterocycles. The van der Waals surface area contributed by atoms with Gasteiger partial charge in [0.05, 0.1) is 97.5 Å². The summed E-state index contributed by atoms with van der Waals surface area (Å²) in [5, 5.41) is 59.0. The molecule has 4 aromatic carbocycles. The molecule has 388 valence electrons. The van der Waals surface area contributed by atoms with Crippen LogP contribution >= 0.6 is 0 Å². The van der Waals surface area contributed by atoms with Crippen molar-refractivity contribution in [2.24, 2.45) is 23.7 Å². The van der Waals surface area contributed by atoms with Gasteiger partial charge < -0.3 is 40.4 Å². The number of aliphatic hydroxyl groups excluding tert-OH is 4. The number of amides is 6. The summed E-state index contributed by atoms with van der Waals surface area (Å²) >= 11 is 0. The van der Waals surface area contributed by atoms with Crippen LogP contribution in [-0.2, 0) is 58.4 Å². The molecule has 6 aliphatic rings. The highest BCUT2D eigenvalue weighted by molar-refractivity contribution is 6.22. The molecule has 0 spiro atoms. The largest absolute Gasteiger partial charge is 0.481 e. The number of imide groups is 2. The van der Waals surface area contributed by atoms with Gasteiger partial charge in [-0.05, 0) is 107 Å². The van der Waals surface area contributed by atoms with Crippen LogP contribution in [0.4, 0.5) is 0 Å². The van der Waals surface area contributed by atoms with Crippen molar-refractivity contribution < 1.29 is 69.0 Å². The SMILES string of the molecule is O=C(O)[C@@H]1CCCC[C@@H]1C(=O)N1CCc2cc(CO)c(CO)cc2[C@@H]1CN1C(=O)c2ccccc2C1=O.O=C(O)[C@H]1CCCC[C@H]1C(=O)N1CCc2cc(CO)c(CO)cc2[C@H]1CN1C(=O)c2ccccc2C1=O. The molecule has 6 N–H and O–H groups in total. The summed E-state index contributed by atoms with van der Waals surface area (Å²) in [5.74, 6) is -7.16. The summed E-state index contributed by atoms with van der Waals surface area (Å²) in [5.41, 5.74) is 6.54. The summed E-state index contributed by atoms with van der Waals surface area (Å²) < 4.78 is 0. The van der Waals surface area contributed by atoms with Crippen LogP contribution in [0.5, 0.6) is 0 Å². The molecule has 4 aromatic rings. The first kappa shape index (κ1) is 51.8. The predicted molar refractivity (Wildman–Crippen MR) is 263 cm³/mol. The Balaban J connectivity index is 0.000000182. The maximum Gasteiger partial charge on any atom is 0.307 e. The van der Waals surface area contributed by atoms with Crippen molar-refractivity contribution in [1.82, 2.24) is 19.6 Å². The van der Waals surface area contributed by atoms with Crippen LogP contribution in [0.3, 0.4) is 0 Å². The summed E-state index contributed by atoms with van der Waals surface area (Å²) in [7, 11) is 0. The number of carboxylic acid groups (broad SMARTS) is 2. The quantitative estimate of drug-likeness (QED) is 0.106. The molecule has 0 radical (unpaired) electrons. The fraction of sp³-hybridized carbons (Fsp3) is 0.429. The predicted octanol–water partition coefficient (Wildman–Crippen LogP) is 4.57. The number of carbonyl (C=O) groups excluding carboxylic acids is 6. The molecule has 2 aliphatic carbocycles. The Morgan fingerprint density at radius 1 is 0.446 bits per heavy atom. The molecule has 0 bridgehead atoms. The maximum absolute atomic E-state index is 13.9. The van der Waals surface area contributed by atoms with Crippen molar-refractivity contribution in [2.75, 3.05) is 26.2 Å². The number of nitrogens with zero attached hydrogens (tertiary/aromatic N) is 4. The smallest absolute Gasteiger partial charge is 0.307 e. The summed E-state index contributed by atoms with van der Waals surface area (Å²) in [6.07, 6.45) is 5.82. The third-order valence-corrected chi connectivity index (χ3v) is 16.2. The highest BCUT2D eigenvalue weighted by atomic mass is 16.4. The monoisotopic (exact) mass is 1010 g/mol. The van der Waals surface area contributed by atoms with Gasteiger partial charge in [0, 0.05) is 13.1 Å². The Morgan fingerprint density at radius 3 is 1.04 bits per heavy atom. The average Bonchev–Trinajstić information content (AvgIpc) is 3.81. The second kappa shape index (κ2) is 21.8. The zero-order valence-corrected chi connectivity index (χ0v) is 40.9. The van der Waals surface area contributed by atoms with Crippen LogP contribution in [0.2, 0.25) is 0 Å². The number of fused-ring (bicyclic) bond motifs is 4. The molecule has 4 heterocycles. The Morgan fingerprint density at radius 2 is 0.743 bits per heavy atom. The Hall–Kier alpha value is -7.12. The molecule has 2 fully saturated rings. The van der Waals surface area contributed by atoms with E-state index in [9.17, 15) is 69.0 Å². The first-order chi connectivity index (χ1) is 35.7. The van der Waals surface area contributed by atoms with Crippen LogP contribution in [0, 0.1) is 23.7 Å². The summed E-state index contributed by atoms with van der Waals surface area (Å²) in [6.45, 7) is -0.717. The van der Waals surface area contributed by atoms with Crippen LogP contribution in [0.15, 0.2) is 72.8 Å². The first-order valence-electron chi connectivity index (χ1n) is 25.4. The van der Waals surface area contributed by atoms with Gasteiger partial charge in [-0.2, -0.15) is 0 Å². The number of aliphatic hydroxyl groups is 4. The fourth-order valence-electron chi connectivity index (χ4n) is 12.2. The second-order valence-corrected chi connectivity index (χ2v) is 20.1. The molecule has 0 unspecified atom stereocenters. The topological polar surface area (TPSA) is 271 Å². The van der Waals surface area contributed by atoms with Gasteiger partial charge in [0.15, 0.2) is 0 Å². The zero-order chi connectivity index (χ0) is 52.5. The molecular formula is C56H60N4O14. The molecule has 18 heteroatoms. The molecule has 0 aromatic heterocycles. The van der Waals surface area contributed by atoms with Crippen molar-refractivity contribution in [3.63, 3.8) is 0 Å². The van der Waals surface area contributed by atoms with E-state index in [1.54, 1.807) is 82.6 Å². The van der Waals surface area contributed by atoms with Gasteiger partial charge in [0.2, 0.25) is 11.8 Å². The molecule has 6 atom stereocenters. The minimum atomic E-state index is -0.984. The highest BCUT2D eigenvalue weighted by Crippen LogP contribution is 2.41. The number of hydrogen-bond acceptors (Lipinski definition) is 12. The van der Waals surface area contributed by atoms with Crippen LogP contribution in [-0.4, -0.2) is 124 Å². The van der Waals surface area contributed by atoms with Crippen LogP contribution in [0.25, 0.3) is 0 Å². The van der Waals surface area contributed by atoms with E-state index in [1.807, 2.05) is 0 Å². The third-order valence-electron chi connectivity index (χ3n) is 16.2. The van der Waals surface area contributed by atoms with Crippen molar-refractivity contribution in [2.45, 2.75) is 103 Å². The van der Waals surface area contributed by atoms with Crippen LogP contribution < -0.4 is 0 Å².